The molecule has 2 aliphatic rings. The minimum absolute atomic E-state index is 0.00181. The van der Waals surface area contributed by atoms with E-state index < -0.39 is 5.41 Å². The molecule has 5 rings (SSSR count). The molecule has 0 N–H and O–H groups in total. The first-order valence-corrected chi connectivity index (χ1v) is 15.1. The Bertz CT molecular complexity index is 1150. The Balaban J connectivity index is 1.24. The van der Waals surface area contributed by atoms with Crippen molar-refractivity contribution in [1.29, 1.82) is 0 Å². The lowest BCUT2D eigenvalue weighted by Gasteiger charge is -2.43. The van der Waals surface area contributed by atoms with Crippen LogP contribution in [-0.2, 0) is 15.0 Å². The second-order valence-electron chi connectivity index (χ2n) is 10.5. The third-order valence-corrected chi connectivity index (χ3v) is 9.38. The van der Waals surface area contributed by atoms with E-state index in [-0.39, 0.29) is 17.9 Å². The molecule has 3 aromatic carbocycles. The van der Waals surface area contributed by atoms with Gasteiger partial charge in [0.05, 0.1) is 18.0 Å². The zero-order valence-electron chi connectivity index (χ0n) is 22.3. The normalized spacial score (nSPS) is 20.7. The molecule has 38 heavy (non-hydrogen) atoms. The number of hydrogen-bond donors (Lipinski definition) is 0. The molecule has 0 unspecified atom stereocenters. The average molecular weight is 528 g/mol. The largest absolute Gasteiger partial charge is 0.338 e. The molecule has 0 aliphatic carbocycles. The SMILES string of the molecule is CN(CC(=O)N1CCN(C(=O)C2(c3ccccc3)CCPCC2)CC1)C(c1ccccc1)c1ccccc1. The number of likely N-dealkylation sites (N-methyl/N-ethyl adjacent to an activating group) is 1. The molecular formula is C32H38N3O2P. The molecule has 2 fully saturated rings. The van der Waals surface area contributed by atoms with E-state index in [0.717, 1.165) is 39.3 Å². The van der Waals surface area contributed by atoms with Crippen molar-refractivity contribution in [3.63, 3.8) is 0 Å². The number of carbonyl (C=O) groups excluding carboxylic acids is 2. The molecule has 2 amide bonds. The summed E-state index contributed by atoms with van der Waals surface area (Å²) in [7, 11) is 2.98. The number of carbonyl (C=O) groups is 2. The first-order chi connectivity index (χ1) is 18.6. The maximum absolute atomic E-state index is 14.0. The van der Waals surface area contributed by atoms with Crippen LogP contribution in [0.2, 0.25) is 0 Å². The molecule has 5 nitrogen and oxygen atoms in total. The standard InChI is InChI=1S/C32H38N3O2P/c1-33(30(26-11-5-2-6-12-26)27-13-7-3-8-14-27)25-29(36)34-19-21-35(22-20-34)31(37)32(17-23-38-24-18-32)28-15-9-4-10-16-28/h2-16,30,38H,17-25H2,1H3. The van der Waals surface area contributed by atoms with E-state index in [1.165, 1.54) is 11.1 Å². The molecule has 2 aliphatic heterocycles. The van der Waals surface area contributed by atoms with Crippen LogP contribution in [0.4, 0.5) is 0 Å². The van der Waals surface area contributed by atoms with Crippen LogP contribution < -0.4 is 0 Å². The Morgan fingerprint density at radius 2 is 1.24 bits per heavy atom. The topological polar surface area (TPSA) is 43.9 Å². The molecule has 0 aromatic heterocycles. The van der Waals surface area contributed by atoms with Crippen LogP contribution in [0.1, 0.15) is 35.6 Å². The molecule has 0 radical (unpaired) electrons. The van der Waals surface area contributed by atoms with Crippen molar-refractivity contribution in [2.24, 2.45) is 0 Å². The molecule has 6 heteroatoms. The van der Waals surface area contributed by atoms with E-state index >= 15 is 0 Å². The fourth-order valence-corrected chi connectivity index (χ4v) is 7.53. The van der Waals surface area contributed by atoms with Crippen molar-refractivity contribution in [2.75, 3.05) is 52.1 Å². The van der Waals surface area contributed by atoms with Gasteiger partial charge in [-0.2, -0.15) is 0 Å². The lowest BCUT2D eigenvalue weighted by atomic mass is 9.74. The Morgan fingerprint density at radius 3 is 1.76 bits per heavy atom. The summed E-state index contributed by atoms with van der Waals surface area (Å²) in [5.41, 5.74) is 3.09. The van der Waals surface area contributed by atoms with Crippen LogP contribution in [0, 0.1) is 0 Å². The smallest absolute Gasteiger partial charge is 0.236 e. The molecule has 2 heterocycles. The third-order valence-electron chi connectivity index (χ3n) is 8.17. The highest BCUT2D eigenvalue weighted by atomic mass is 31.1. The lowest BCUT2D eigenvalue weighted by molar-refractivity contribution is -0.144. The van der Waals surface area contributed by atoms with Gasteiger partial charge in [-0.15, -0.1) is 8.58 Å². The van der Waals surface area contributed by atoms with Gasteiger partial charge in [-0.25, -0.2) is 0 Å². The molecule has 198 valence electrons. The maximum Gasteiger partial charge on any atom is 0.236 e. The Labute approximate surface area is 228 Å². The van der Waals surface area contributed by atoms with E-state index in [9.17, 15) is 9.59 Å². The maximum atomic E-state index is 14.0. The van der Waals surface area contributed by atoms with Gasteiger partial charge in [0.2, 0.25) is 11.8 Å². The monoisotopic (exact) mass is 527 g/mol. The fourth-order valence-electron chi connectivity index (χ4n) is 6.08. The molecule has 0 atom stereocenters. The third kappa shape index (κ3) is 5.70. The van der Waals surface area contributed by atoms with Crippen LogP contribution in [0.25, 0.3) is 0 Å². The van der Waals surface area contributed by atoms with Crippen molar-refractivity contribution in [3.8, 4) is 0 Å². The number of benzene rings is 3. The predicted octanol–water partition coefficient (Wildman–Crippen LogP) is 4.79. The van der Waals surface area contributed by atoms with Gasteiger partial charge in [0.1, 0.15) is 0 Å². The number of piperazine rings is 1. The summed E-state index contributed by atoms with van der Waals surface area (Å²) in [5, 5.41) is 0. The van der Waals surface area contributed by atoms with Crippen molar-refractivity contribution >= 4 is 20.4 Å². The van der Waals surface area contributed by atoms with E-state index in [4.69, 9.17) is 0 Å². The highest BCUT2D eigenvalue weighted by molar-refractivity contribution is 7.38. The van der Waals surface area contributed by atoms with Gasteiger partial charge in [-0.1, -0.05) is 91.0 Å². The fraction of sp³-hybridized carbons (Fsp3) is 0.375. The van der Waals surface area contributed by atoms with Crippen molar-refractivity contribution in [3.05, 3.63) is 108 Å². The molecule has 2 saturated heterocycles. The quantitative estimate of drug-likeness (QED) is 0.415. The van der Waals surface area contributed by atoms with Gasteiger partial charge < -0.3 is 9.80 Å². The Kier molecular flexibility index (Phi) is 8.56. The summed E-state index contributed by atoms with van der Waals surface area (Å²) in [6, 6.07) is 31.1. The van der Waals surface area contributed by atoms with E-state index in [1.807, 2.05) is 71.4 Å². The second kappa shape index (κ2) is 12.2. The summed E-state index contributed by atoms with van der Waals surface area (Å²) in [5.74, 6) is 0.374. The van der Waals surface area contributed by atoms with E-state index in [0.29, 0.717) is 32.7 Å². The van der Waals surface area contributed by atoms with Gasteiger partial charge >= 0.3 is 0 Å². The van der Waals surface area contributed by atoms with Gasteiger partial charge in [-0.3, -0.25) is 14.5 Å². The minimum Gasteiger partial charge on any atom is -0.338 e. The van der Waals surface area contributed by atoms with Crippen LogP contribution in [0.3, 0.4) is 0 Å². The second-order valence-corrected chi connectivity index (χ2v) is 12.0. The van der Waals surface area contributed by atoms with Gasteiger partial charge in [0, 0.05) is 26.2 Å². The lowest BCUT2D eigenvalue weighted by Crippen LogP contribution is -2.57. The van der Waals surface area contributed by atoms with Crippen LogP contribution in [0.15, 0.2) is 91.0 Å². The number of rotatable bonds is 7. The minimum atomic E-state index is -0.405. The highest BCUT2D eigenvalue weighted by Gasteiger charge is 2.44. The Morgan fingerprint density at radius 1 is 0.763 bits per heavy atom. The van der Waals surface area contributed by atoms with Crippen molar-refractivity contribution in [1.82, 2.24) is 14.7 Å². The van der Waals surface area contributed by atoms with Crippen LogP contribution in [-0.4, -0.2) is 78.6 Å². The number of amides is 2. The number of hydrogen-bond acceptors (Lipinski definition) is 3. The van der Waals surface area contributed by atoms with Gasteiger partial charge in [0.15, 0.2) is 0 Å². The molecule has 0 bridgehead atoms. The molecule has 3 aromatic rings. The summed E-state index contributed by atoms with van der Waals surface area (Å²) in [6.07, 6.45) is 4.10. The zero-order valence-corrected chi connectivity index (χ0v) is 23.3. The van der Waals surface area contributed by atoms with Crippen LogP contribution in [0.5, 0.6) is 0 Å². The summed E-state index contributed by atoms with van der Waals surface area (Å²) in [6.45, 7) is 2.72. The predicted molar refractivity (Wildman–Crippen MR) is 156 cm³/mol. The molecule has 0 saturated carbocycles. The van der Waals surface area contributed by atoms with Gasteiger partial charge in [-0.05, 0) is 48.9 Å². The van der Waals surface area contributed by atoms with E-state index in [1.54, 1.807) is 0 Å². The van der Waals surface area contributed by atoms with E-state index in [2.05, 4.69) is 41.3 Å². The summed E-state index contributed by atoms with van der Waals surface area (Å²) >= 11 is 0. The highest BCUT2D eigenvalue weighted by Crippen LogP contribution is 2.42. The summed E-state index contributed by atoms with van der Waals surface area (Å²) < 4.78 is 0. The molecular weight excluding hydrogens is 489 g/mol. The van der Waals surface area contributed by atoms with Crippen molar-refractivity contribution < 1.29 is 9.59 Å². The molecule has 0 spiro atoms. The Hall–Kier alpha value is -3.01. The zero-order chi connectivity index (χ0) is 26.4. The first kappa shape index (κ1) is 26.6. The van der Waals surface area contributed by atoms with Gasteiger partial charge in [0.25, 0.3) is 0 Å². The van der Waals surface area contributed by atoms with Crippen molar-refractivity contribution in [2.45, 2.75) is 24.3 Å². The average Bonchev–Trinajstić information content (AvgIpc) is 2.99. The summed E-state index contributed by atoms with van der Waals surface area (Å²) in [4.78, 5) is 33.5. The first-order valence-electron chi connectivity index (χ1n) is 13.7. The van der Waals surface area contributed by atoms with Crippen LogP contribution >= 0.6 is 8.58 Å². The number of nitrogens with zero attached hydrogens (tertiary/aromatic N) is 3.